The lowest BCUT2D eigenvalue weighted by atomic mass is 10.0. The van der Waals surface area contributed by atoms with Gasteiger partial charge in [0.2, 0.25) is 0 Å². The molecule has 0 aliphatic carbocycles. The van der Waals surface area contributed by atoms with Gasteiger partial charge in [-0.3, -0.25) is 0 Å². The molecule has 0 bridgehead atoms. The van der Waals surface area contributed by atoms with E-state index in [0.717, 1.165) is 45.6 Å². The van der Waals surface area contributed by atoms with Crippen molar-refractivity contribution in [2.75, 3.05) is 18.1 Å². The third kappa shape index (κ3) is 2.41. The van der Waals surface area contributed by atoms with Crippen LogP contribution in [0.1, 0.15) is 0 Å². The Hall–Kier alpha value is -2.73. The summed E-state index contributed by atoms with van der Waals surface area (Å²) in [5.74, 6) is 1.99. The zero-order valence-corrected chi connectivity index (χ0v) is 14.6. The van der Waals surface area contributed by atoms with E-state index in [0.29, 0.717) is 0 Å². The van der Waals surface area contributed by atoms with Crippen molar-refractivity contribution >= 4 is 28.6 Å². The molecular formula is C19H17N5S. The molecule has 1 aliphatic rings. The SMILES string of the molecule is CNc1cc(-c2ccc(-c3cn4c(n3)SCC4)cc2)c2cc[nH]c2n1. The molecule has 0 radical (unpaired) electrons. The van der Waals surface area contributed by atoms with Crippen LogP contribution in [0.25, 0.3) is 33.4 Å². The molecule has 0 saturated heterocycles. The molecule has 1 aliphatic heterocycles. The van der Waals surface area contributed by atoms with E-state index < -0.39 is 0 Å². The summed E-state index contributed by atoms with van der Waals surface area (Å²) in [5, 5.41) is 5.39. The summed E-state index contributed by atoms with van der Waals surface area (Å²) in [6.07, 6.45) is 4.08. The number of rotatable bonds is 3. The molecule has 5 rings (SSSR count). The highest BCUT2D eigenvalue weighted by Gasteiger charge is 2.15. The van der Waals surface area contributed by atoms with Crippen LogP contribution in [0.2, 0.25) is 0 Å². The summed E-state index contributed by atoms with van der Waals surface area (Å²) in [6.45, 7) is 1.06. The minimum Gasteiger partial charge on any atom is -0.373 e. The quantitative estimate of drug-likeness (QED) is 0.582. The predicted molar refractivity (Wildman–Crippen MR) is 103 cm³/mol. The molecule has 5 nitrogen and oxygen atoms in total. The molecule has 0 amide bonds. The zero-order valence-electron chi connectivity index (χ0n) is 13.8. The lowest BCUT2D eigenvalue weighted by Gasteiger charge is -2.08. The van der Waals surface area contributed by atoms with Crippen molar-refractivity contribution in [2.24, 2.45) is 0 Å². The van der Waals surface area contributed by atoms with E-state index in [4.69, 9.17) is 4.98 Å². The second-order valence-electron chi connectivity index (χ2n) is 6.07. The number of aryl methyl sites for hydroxylation is 1. The van der Waals surface area contributed by atoms with Gasteiger partial charge in [-0.1, -0.05) is 36.0 Å². The van der Waals surface area contributed by atoms with Crippen LogP contribution in [0, 0.1) is 0 Å². The maximum Gasteiger partial charge on any atom is 0.168 e. The molecule has 25 heavy (non-hydrogen) atoms. The van der Waals surface area contributed by atoms with Crippen LogP contribution >= 0.6 is 11.8 Å². The number of hydrogen-bond acceptors (Lipinski definition) is 4. The van der Waals surface area contributed by atoms with Crippen LogP contribution < -0.4 is 5.32 Å². The molecule has 0 unspecified atom stereocenters. The number of nitrogens with zero attached hydrogens (tertiary/aromatic N) is 3. The summed E-state index contributed by atoms with van der Waals surface area (Å²) < 4.78 is 2.24. The van der Waals surface area contributed by atoms with Gasteiger partial charge in [0.25, 0.3) is 0 Å². The third-order valence-corrected chi connectivity index (χ3v) is 5.55. The predicted octanol–water partition coefficient (Wildman–Crippen LogP) is 4.24. The Kier molecular flexibility index (Phi) is 3.31. The summed E-state index contributed by atoms with van der Waals surface area (Å²) in [5.41, 5.74) is 5.44. The van der Waals surface area contributed by atoms with E-state index in [1.54, 1.807) is 0 Å². The summed E-state index contributed by atoms with van der Waals surface area (Å²) >= 11 is 1.82. The van der Waals surface area contributed by atoms with Crippen LogP contribution in [0.5, 0.6) is 0 Å². The van der Waals surface area contributed by atoms with Gasteiger partial charge in [0.1, 0.15) is 11.5 Å². The highest BCUT2D eigenvalue weighted by molar-refractivity contribution is 7.99. The van der Waals surface area contributed by atoms with Crippen molar-refractivity contribution in [1.29, 1.82) is 0 Å². The number of imidazole rings is 1. The van der Waals surface area contributed by atoms with Crippen LogP contribution in [-0.4, -0.2) is 32.3 Å². The fourth-order valence-electron chi connectivity index (χ4n) is 3.27. The highest BCUT2D eigenvalue weighted by atomic mass is 32.2. The fourth-order valence-corrected chi connectivity index (χ4v) is 4.22. The van der Waals surface area contributed by atoms with Gasteiger partial charge in [0, 0.05) is 42.7 Å². The van der Waals surface area contributed by atoms with Crippen LogP contribution in [-0.2, 0) is 6.54 Å². The number of aromatic nitrogens is 4. The number of pyridine rings is 1. The van der Waals surface area contributed by atoms with Crippen LogP contribution in [0.3, 0.4) is 0 Å². The molecule has 4 aromatic rings. The monoisotopic (exact) mass is 347 g/mol. The Bertz CT molecular complexity index is 1040. The molecular weight excluding hydrogens is 330 g/mol. The summed E-state index contributed by atoms with van der Waals surface area (Å²) in [6, 6.07) is 12.8. The number of hydrogen-bond donors (Lipinski definition) is 2. The van der Waals surface area contributed by atoms with Crippen molar-refractivity contribution in [2.45, 2.75) is 11.7 Å². The Labute approximate surface area is 149 Å². The first kappa shape index (κ1) is 14.6. The zero-order chi connectivity index (χ0) is 16.8. The molecule has 4 heterocycles. The summed E-state index contributed by atoms with van der Waals surface area (Å²) in [7, 11) is 1.89. The van der Waals surface area contributed by atoms with Crippen molar-refractivity contribution in [1.82, 2.24) is 19.5 Å². The van der Waals surface area contributed by atoms with Gasteiger partial charge in [-0.05, 0) is 23.3 Å². The number of fused-ring (bicyclic) bond motifs is 2. The second kappa shape index (κ2) is 5.67. The van der Waals surface area contributed by atoms with E-state index in [-0.39, 0.29) is 0 Å². The lowest BCUT2D eigenvalue weighted by molar-refractivity contribution is 0.719. The van der Waals surface area contributed by atoms with Crippen molar-refractivity contribution < 1.29 is 0 Å². The van der Waals surface area contributed by atoms with Crippen molar-refractivity contribution in [3.63, 3.8) is 0 Å². The van der Waals surface area contributed by atoms with Gasteiger partial charge in [-0.25, -0.2) is 9.97 Å². The Morgan fingerprint density at radius 2 is 1.96 bits per heavy atom. The molecule has 0 fully saturated rings. The largest absolute Gasteiger partial charge is 0.373 e. The number of thioether (sulfide) groups is 1. The molecule has 6 heteroatoms. The van der Waals surface area contributed by atoms with E-state index in [1.807, 2.05) is 25.0 Å². The lowest BCUT2D eigenvalue weighted by Crippen LogP contribution is -1.93. The fraction of sp³-hybridized carbons (Fsp3) is 0.158. The van der Waals surface area contributed by atoms with Gasteiger partial charge in [-0.2, -0.15) is 0 Å². The maximum atomic E-state index is 4.73. The number of nitrogens with one attached hydrogen (secondary N) is 2. The van der Waals surface area contributed by atoms with Gasteiger partial charge < -0.3 is 14.9 Å². The molecule has 124 valence electrons. The number of anilines is 1. The van der Waals surface area contributed by atoms with Crippen molar-refractivity contribution in [3.8, 4) is 22.4 Å². The minimum absolute atomic E-state index is 0.858. The minimum atomic E-state index is 0.858. The van der Waals surface area contributed by atoms with E-state index >= 15 is 0 Å². The highest BCUT2D eigenvalue weighted by Crippen LogP contribution is 2.33. The van der Waals surface area contributed by atoms with Crippen LogP contribution in [0.4, 0.5) is 5.82 Å². The average Bonchev–Trinajstić information content (AvgIpc) is 3.36. The van der Waals surface area contributed by atoms with Gasteiger partial charge in [0.05, 0.1) is 5.69 Å². The maximum absolute atomic E-state index is 4.73. The molecule has 0 saturated carbocycles. The summed E-state index contributed by atoms with van der Waals surface area (Å²) in [4.78, 5) is 12.5. The standard InChI is InChI=1S/C19H17N5S/c1-20-17-10-15(14-6-7-21-18(14)23-17)12-2-4-13(5-3-12)16-11-24-8-9-25-19(24)22-16/h2-7,10-11H,8-9H2,1H3,(H2,20,21,23). The first-order valence-corrected chi connectivity index (χ1v) is 9.27. The Morgan fingerprint density at radius 1 is 1.12 bits per heavy atom. The Morgan fingerprint density at radius 3 is 2.76 bits per heavy atom. The Balaban J connectivity index is 1.56. The topological polar surface area (TPSA) is 58.5 Å². The van der Waals surface area contributed by atoms with E-state index in [1.165, 1.54) is 11.1 Å². The number of aromatic amines is 1. The number of benzene rings is 1. The molecule has 0 spiro atoms. The third-order valence-electron chi connectivity index (χ3n) is 4.58. The molecule has 0 atom stereocenters. The van der Waals surface area contributed by atoms with Crippen molar-refractivity contribution in [3.05, 3.63) is 48.8 Å². The van der Waals surface area contributed by atoms with E-state index in [9.17, 15) is 0 Å². The van der Waals surface area contributed by atoms with Gasteiger partial charge >= 0.3 is 0 Å². The van der Waals surface area contributed by atoms with Gasteiger partial charge in [0.15, 0.2) is 5.16 Å². The normalized spacial score (nSPS) is 13.3. The van der Waals surface area contributed by atoms with Gasteiger partial charge in [-0.15, -0.1) is 0 Å². The molecule has 3 aromatic heterocycles. The smallest absolute Gasteiger partial charge is 0.168 e. The first-order chi connectivity index (χ1) is 12.3. The van der Waals surface area contributed by atoms with Crippen LogP contribution in [0.15, 0.2) is 53.9 Å². The molecule has 2 N–H and O–H groups in total. The molecule has 1 aromatic carbocycles. The average molecular weight is 347 g/mol. The second-order valence-corrected chi connectivity index (χ2v) is 7.14. The van der Waals surface area contributed by atoms with E-state index in [2.05, 4.69) is 62.4 Å². The first-order valence-electron chi connectivity index (χ1n) is 8.28. The number of H-pyrrole nitrogens is 1.